The molecule has 1 aromatic carbocycles. The number of hydrogen-bond donors (Lipinski definition) is 1. The molecule has 0 saturated carbocycles. The molecule has 5 nitrogen and oxygen atoms in total. The second-order valence-electron chi connectivity index (χ2n) is 4.92. The van der Waals surface area contributed by atoms with Gasteiger partial charge in [0, 0.05) is 23.5 Å². The van der Waals surface area contributed by atoms with Crippen LogP contribution in [-0.2, 0) is 0 Å². The Labute approximate surface area is 117 Å². The summed E-state index contributed by atoms with van der Waals surface area (Å²) in [5.41, 5.74) is 7.70. The van der Waals surface area contributed by atoms with Gasteiger partial charge >= 0.3 is 0 Å². The Hall–Kier alpha value is -2.14. The Balaban J connectivity index is 1.86. The fourth-order valence-corrected chi connectivity index (χ4v) is 2.24. The van der Waals surface area contributed by atoms with E-state index in [1.165, 1.54) is 0 Å². The lowest BCUT2D eigenvalue weighted by molar-refractivity contribution is 0.0848. The van der Waals surface area contributed by atoms with Crippen LogP contribution < -0.4 is 15.2 Å². The van der Waals surface area contributed by atoms with Crippen molar-refractivity contribution in [3.05, 3.63) is 47.5 Å². The first-order valence-electron chi connectivity index (χ1n) is 6.62. The molecule has 2 unspecified atom stereocenters. The fourth-order valence-electron chi connectivity index (χ4n) is 2.24. The van der Waals surface area contributed by atoms with Gasteiger partial charge in [0.2, 0.25) is 0 Å². The van der Waals surface area contributed by atoms with Gasteiger partial charge in [-0.15, -0.1) is 0 Å². The van der Waals surface area contributed by atoms with Crippen molar-refractivity contribution >= 4 is 0 Å². The molecule has 2 atom stereocenters. The van der Waals surface area contributed by atoms with E-state index in [0.29, 0.717) is 12.4 Å². The molecule has 2 heterocycles. The third-order valence-electron chi connectivity index (χ3n) is 3.32. The zero-order valence-corrected chi connectivity index (χ0v) is 11.5. The van der Waals surface area contributed by atoms with Crippen molar-refractivity contribution < 1.29 is 9.47 Å². The lowest BCUT2D eigenvalue weighted by Gasteiger charge is -2.25. The van der Waals surface area contributed by atoms with Crippen LogP contribution in [0.2, 0.25) is 0 Å². The second-order valence-corrected chi connectivity index (χ2v) is 4.92. The van der Waals surface area contributed by atoms with Crippen LogP contribution in [0.15, 0.2) is 30.5 Å². The highest BCUT2D eigenvalue weighted by molar-refractivity contribution is 5.41. The summed E-state index contributed by atoms with van der Waals surface area (Å²) in [7, 11) is 0. The van der Waals surface area contributed by atoms with Gasteiger partial charge in [0.15, 0.2) is 23.4 Å². The number of para-hydroxylation sites is 2. The molecule has 0 bridgehead atoms. The molecule has 104 valence electrons. The number of aryl methyl sites for hydroxylation is 1. The van der Waals surface area contributed by atoms with Crippen LogP contribution >= 0.6 is 0 Å². The molecule has 0 amide bonds. The summed E-state index contributed by atoms with van der Waals surface area (Å²) in [6, 6.07) is 7.52. The van der Waals surface area contributed by atoms with Gasteiger partial charge in [0.05, 0.1) is 0 Å². The standard InChI is InChI=1S/C15H17N3O2/c1-9(16)11-7-17-15(18-10(11)2)14-8-19-12-5-3-4-6-13(12)20-14/h3-7,9,14H,8,16H2,1-2H3. The Morgan fingerprint density at radius 2 is 2.05 bits per heavy atom. The highest BCUT2D eigenvalue weighted by Gasteiger charge is 2.25. The van der Waals surface area contributed by atoms with Crippen molar-refractivity contribution in [2.45, 2.75) is 26.0 Å². The fraction of sp³-hybridized carbons (Fsp3) is 0.333. The van der Waals surface area contributed by atoms with Crippen molar-refractivity contribution in [1.29, 1.82) is 0 Å². The van der Waals surface area contributed by atoms with E-state index in [4.69, 9.17) is 15.2 Å². The van der Waals surface area contributed by atoms with Gasteiger partial charge in [-0.2, -0.15) is 0 Å². The van der Waals surface area contributed by atoms with Gasteiger partial charge in [-0.1, -0.05) is 12.1 Å². The quantitative estimate of drug-likeness (QED) is 0.907. The molecule has 0 saturated heterocycles. The lowest BCUT2D eigenvalue weighted by atomic mass is 10.1. The minimum absolute atomic E-state index is 0.0756. The van der Waals surface area contributed by atoms with E-state index >= 15 is 0 Å². The smallest absolute Gasteiger partial charge is 0.192 e. The SMILES string of the molecule is Cc1nc(C2COc3ccccc3O2)ncc1C(C)N. The van der Waals surface area contributed by atoms with Gasteiger partial charge in [0.25, 0.3) is 0 Å². The monoisotopic (exact) mass is 271 g/mol. The number of nitrogens with zero attached hydrogens (tertiary/aromatic N) is 2. The van der Waals surface area contributed by atoms with Crippen LogP contribution in [0, 0.1) is 6.92 Å². The van der Waals surface area contributed by atoms with E-state index in [1.807, 2.05) is 38.1 Å². The largest absolute Gasteiger partial charge is 0.485 e. The van der Waals surface area contributed by atoms with Crippen molar-refractivity contribution in [2.24, 2.45) is 5.73 Å². The number of benzene rings is 1. The van der Waals surface area contributed by atoms with Crippen LogP contribution in [0.5, 0.6) is 11.5 Å². The maximum atomic E-state index is 5.89. The molecule has 1 aliphatic rings. The van der Waals surface area contributed by atoms with Crippen molar-refractivity contribution in [2.75, 3.05) is 6.61 Å². The van der Waals surface area contributed by atoms with Crippen LogP contribution in [0.1, 0.15) is 36.2 Å². The summed E-state index contributed by atoms with van der Waals surface area (Å²) in [6.45, 7) is 4.26. The average molecular weight is 271 g/mol. The number of fused-ring (bicyclic) bond motifs is 1. The highest BCUT2D eigenvalue weighted by atomic mass is 16.6. The predicted molar refractivity (Wildman–Crippen MR) is 74.7 cm³/mol. The van der Waals surface area contributed by atoms with Gasteiger partial charge in [0.1, 0.15) is 6.61 Å². The molecule has 2 aromatic rings. The third kappa shape index (κ3) is 2.32. The van der Waals surface area contributed by atoms with E-state index in [9.17, 15) is 0 Å². The molecule has 3 rings (SSSR count). The van der Waals surface area contributed by atoms with Gasteiger partial charge < -0.3 is 15.2 Å². The van der Waals surface area contributed by atoms with Gasteiger partial charge in [-0.25, -0.2) is 9.97 Å². The first kappa shape index (κ1) is 12.9. The van der Waals surface area contributed by atoms with E-state index in [1.54, 1.807) is 6.20 Å². The Morgan fingerprint density at radius 3 is 2.75 bits per heavy atom. The third-order valence-corrected chi connectivity index (χ3v) is 3.32. The van der Waals surface area contributed by atoms with Crippen LogP contribution in [0.3, 0.4) is 0 Å². The number of rotatable bonds is 2. The Kier molecular flexibility index (Phi) is 3.28. The summed E-state index contributed by atoms with van der Waals surface area (Å²) < 4.78 is 11.6. The molecular weight excluding hydrogens is 254 g/mol. The molecule has 2 N–H and O–H groups in total. The molecule has 0 spiro atoms. The van der Waals surface area contributed by atoms with E-state index in [2.05, 4.69) is 9.97 Å². The van der Waals surface area contributed by atoms with E-state index < -0.39 is 0 Å². The first-order chi connectivity index (χ1) is 9.65. The average Bonchev–Trinajstić information content (AvgIpc) is 2.46. The van der Waals surface area contributed by atoms with Crippen LogP contribution in [0.25, 0.3) is 0 Å². The van der Waals surface area contributed by atoms with Crippen molar-refractivity contribution in [3.63, 3.8) is 0 Å². The normalized spacial score (nSPS) is 18.6. The van der Waals surface area contributed by atoms with Gasteiger partial charge in [-0.05, 0) is 26.0 Å². The van der Waals surface area contributed by atoms with Crippen molar-refractivity contribution in [1.82, 2.24) is 9.97 Å². The molecule has 20 heavy (non-hydrogen) atoms. The van der Waals surface area contributed by atoms with E-state index in [0.717, 1.165) is 22.8 Å². The predicted octanol–water partition coefficient (Wildman–Crippen LogP) is 2.32. The minimum atomic E-state index is -0.286. The molecule has 0 aliphatic carbocycles. The Bertz CT molecular complexity index is 628. The molecular formula is C15H17N3O2. The van der Waals surface area contributed by atoms with Crippen LogP contribution in [-0.4, -0.2) is 16.6 Å². The molecule has 1 aromatic heterocycles. The van der Waals surface area contributed by atoms with Crippen molar-refractivity contribution in [3.8, 4) is 11.5 Å². The summed E-state index contributed by atoms with van der Waals surface area (Å²) in [5.74, 6) is 2.11. The Morgan fingerprint density at radius 1 is 1.30 bits per heavy atom. The molecule has 5 heteroatoms. The molecule has 1 aliphatic heterocycles. The van der Waals surface area contributed by atoms with Gasteiger partial charge in [-0.3, -0.25) is 0 Å². The summed E-state index contributed by atoms with van der Waals surface area (Å²) in [5, 5.41) is 0. The number of ether oxygens (including phenoxy) is 2. The number of aromatic nitrogens is 2. The zero-order chi connectivity index (χ0) is 14.1. The second kappa shape index (κ2) is 5.09. The van der Waals surface area contributed by atoms with Crippen LogP contribution in [0.4, 0.5) is 0 Å². The summed E-state index contributed by atoms with van der Waals surface area (Å²) in [6.07, 6.45) is 1.48. The zero-order valence-electron chi connectivity index (χ0n) is 11.5. The highest BCUT2D eigenvalue weighted by Crippen LogP contribution is 2.35. The summed E-state index contributed by atoms with van der Waals surface area (Å²) >= 11 is 0. The summed E-state index contributed by atoms with van der Waals surface area (Å²) in [4.78, 5) is 8.86. The topological polar surface area (TPSA) is 70.3 Å². The minimum Gasteiger partial charge on any atom is -0.485 e. The first-order valence-corrected chi connectivity index (χ1v) is 6.62. The maximum Gasteiger partial charge on any atom is 0.192 e. The molecule has 0 radical (unpaired) electrons. The van der Waals surface area contributed by atoms with E-state index in [-0.39, 0.29) is 12.1 Å². The number of hydrogen-bond acceptors (Lipinski definition) is 5. The molecule has 0 fully saturated rings. The lowest BCUT2D eigenvalue weighted by Crippen LogP contribution is -2.24. The maximum absolute atomic E-state index is 5.89. The number of nitrogens with two attached hydrogens (primary N) is 1.